The van der Waals surface area contributed by atoms with Gasteiger partial charge in [0.1, 0.15) is 18.4 Å². The Kier molecular flexibility index (Phi) is 5.12. The second-order valence-corrected chi connectivity index (χ2v) is 3.87. The zero-order chi connectivity index (χ0) is 14.4. The molecular weight excluding hydrogens is 246 g/mol. The maximum absolute atomic E-state index is 12.0. The van der Waals surface area contributed by atoms with Crippen LogP contribution in [0.1, 0.15) is 19.4 Å². The highest BCUT2D eigenvalue weighted by Crippen LogP contribution is 2.11. The van der Waals surface area contributed by atoms with E-state index in [1.807, 2.05) is 13.8 Å². The highest BCUT2D eigenvalue weighted by atomic mass is 16.5. The molecule has 0 aliphatic carbocycles. The Morgan fingerprint density at radius 2 is 2.11 bits per heavy atom. The third-order valence-electron chi connectivity index (χ3n) is 2.88. The SMILES string of the molecule is CCN(CC)C(=O)Cn1ccc(OC)c(C#N)c1=O. The Morgan fingerprint density at radius 3 is 2.58 bits per heavy atom. The lowest BCUT2D eigenvalue weighted by atomic mass is 10.2. The number of pyridine rings is 1. The van der Waals surface area contributed by atoms with Crippen molar-refractivity contribution in [2.24, 2.45) is 0 Å². The molecule has 0 aliphatic rings. The monoisotopic (exact) mass is 263 g/mol. The largest absolute Gasteiger partial charge is 0.495 e. The average Bonchev–Trinajstić information content (AvgIpc) is 2.42. The second kappa shape index (κ2) is 6.59. The lowest BCUT2D eigenvalue weighted by Gasteiger charge is -2.19. The van der Waals surface area contributed by atoms with Crippen molar-refractivity contribution in [1.82, 2.24) is 9.47 Å². The molecule has 1 aromatic heterocycles. The van der Waals surface area contributed by atoms with E-state index < -0.39 is 5.56 Å². The Balaban J connectivity index is 3.08. The summed E-state index contributed by atoms with van der Waals surface area (Å²) >= 11 is 0. The first-order chi connectivity index (χ1) is 9.08. The van der Waals surface area contributed by atoms with E-state index >= 15 is 0 Å². The number of hydrogen-bond donors (Lipinski definition) is 0. The molecule has 6 heteroatoms. The van der Waals surface area contributed by atoms with Crippen LogP contribution in [-0.4, -0.2) is 35.6 Å². The second-order valence-electron chi connectivity index (χ2n) is 3.87. The molecule has 0 saturated carbocycles. The van der Waals surface area contributed by atoms with Crippen LogP contribution in [0, 0.1) is 11.3 Å². The fraction of sp³-hybridized carbons (Fsp3) is 0.462. The average molecular weight is 263 g/mol. The van der Waals surface area contributed by atoms with E-state index in [0.29, 0.717) is 13.1 Å². The predicted octanol–water partition coefficient (Wildman–Crippen LogP) is 0.597. The summed E-state index contributed by atoms with van der Waals surface area (Å²) in [4.78, 5) is 25.6. The number of methoxy groups -OCH3 is 1. The van der Waals surface area contributed by atoms with Crippen LogP contribution >= 0.6 is 0 Å². The quantitative estimate of drug-likeness (QED) is 0.779. The van der Waals surface area contributed by atoms with Gasteiger partial charge in [-0.25, -0.2) is 0 Å². The number of nitriles is 1. The van der Waals surface area contributed by atoms with Crippen molar-refractivity contribution in [3.8, 4) is 11.8 Å². The lowest BCUT2D eigenvalue weighted by Crippen LogP contribution is -2.36. The van der Waals surface area contributed by atoms with Gasteiger partial charge in [-0.15, -0.1) is 0 Å². The molecule has 19 heavy (non-hydrogen) atoms. The summed E-state index contributed by atoms with van der Waals surface area (Å²) in [5.41, 5.74) is -0.597. The zero-order valence-corrected chi connectivity index (χ0v) is 11.3. The van der Waals surface area contributed by atoms with Crippen LogP contribution in [0.4, 0.5) is 0 Å². The first kappa shape index (κ1) is 14.8. The van der Waals surface area contributed by atoms with Crippen molar-refractivity contribution in [2.45, 2.75) is 20.4 Å². The minimum Gasteiger partial charge on any atom is -0.495 e. The van der Waals surface area contributed by atoms with E-state index in [1.165, 1.54) is 23.9 Å². The van der Waals surface area contributed by atoms with Crippen LogP contribution in [0.25, 0.3) is 0 Å². The van der Waals surface area contributed by atoms with Gasteiger partial charge in [0, 0.05) is 19.3 Å². The van der Waals surface area contributed by atoms with E-state index in [9.17, 15) is 9.59 Å². The predicted molar refractivity (Wildman–Crippen MR) is 69.9 cm³/mol. The maximum atomic E-state index is 12.0. The van der Waals surface area contributed by atoms with Crippen molar-refractivity contribution in [3.05, 3.63) is 28.2 Å². The highest BCUT2D eigenvalue weighted by molar-refractivity contribution is 5.76. The first-order valence-corrected chi connectivity index (χ1v) is 6.04. The van der Waals surface area contributed by atoms with Gasteiger partial charge < -0.3 is 14.2 Å². The molecule has 0 aliphatic heterocycles. The number of ether oxygens (including phenoxy) is 1. The summed E-state index contributed by atoms with van der Waals surface area (Å²) < 4.78 is 6.16. The van der Waals surface area contributed by atoms with Gasteiger partial charge >= 0.3 is 0 Å². The summed E-state index contributed by atoms with van der Waals surface area (Å²) in [7, 11) is 1.39. The molecule has 1 heterocycles. The Bertz CT molecular complexity index is 553. The van der Waals surface area contributed by atoms with Crippen LogP contribution in [0.3, 0.4) is 0 Å². The van der Waals surface area contributed by atoms with Crippen molar-refractivity contribution < 1.29 is 9.53 Å². The number of rotatable bonds is 5. The molecule has 6 nitrogen and oxygen atoms in total. The van der Waals surface area contributed by atoms with Crippen LogP contribution in [0.15, 0.2) is 17.1 Å². The topological polar surface area (TPSA) is 75.3 Å². The summed E-state index contributed by atoms with van der Waals surface area (Å²) in [6.07, 6.45) is 1.46. The van der Waals surface area contributed by atoms with Gasteiger partial charge in [-0.3, -0.25) is 9.59 Å². The molecule has 0 fully saturated rings. The molecule has 1 aromatic rings. The van der Waals surface area contributed by atoms with Crippen molar-refractivity contribution in [2.75, 3.05) is 20.2 Å². The van der Waals surface area contributed by atoms with Gasteiger partial charge in [0.15, 0.2) is 5.56 Å². The Labute approximate surface area is 111 Å². The van der Waals surface area contributed by atoms with Gasteiger partial charge in [0.25, 0.3) is 5.56 Å². The van der Waals surface area contributed by atoms with Gasteiger partial charge in [-0.1, -0.05) is 0 Å². The molecule has 0 atom stereocenters. The van der Waals surface area contributed by atoms with Gasteiger partial charge in [0.2, 0.25) is 5.91 Å². The van der Waals surface area contributed by atoms with Gasteiger partial charge in [0.05, 0.1) is 7.11 Å². The molecule has 0 bridgehead atoms. The molecule has 0 radical (unpaired) electrons. The van der Waals surface area contributed by atoms with Crippen LogP contribution in [0.5, 0.6) is 5.75 Å². The van der Waals surface area contributed by atoms with Gasteiger partial charge in [-0.2, -0.15) is 5.26 Å². The van der Waals surface area contributed by atoms with Crippen LogP contribution in [-0.2, 0) is 11.3 Å². The summed E-state index contributed by atoms with van der Waals surface area (Å²) in [5, 5.41) is 8.95. The van der Waals surface area contributed by atoms with E-state index in [1.54, 1.807) is 11.0 Å². The zero-order valence-electron chi connectivity index (χ0n) is 11.3. The normalized spacial score (nSPS) is 9.79. The summed E-state index contributed by atoms with van der Waals surface area (Å²) in [6.45, 7) is 4.85. The molecule has 0 aromatic carbocycles. The number of hydrogen-bond acceptors (Lipinski definition) is 4. The van der Waals surface area contributed by atoms with Gasteiger partial charge in [-0.05, 0) is 19.9 Å². The Hall–Kier alpha value is -2.29. The Morgan fingerprint density at radius 1 is 1.47 bits per heavy atom. The molecule has 1 rings (SSSR count). The molecule has 1 amide bonds. The first-order valence-electron chi connectivity index (χ1n) is 6.04. The molecule has 0 spiro atoms. The minimum atomic E-state index is -0.512. The number of carbonyl (C=O) groups excluding carboxylic acids is 1. The maximum Gasteiger partial charge on any atom is 0.272 e. The molecular formula is C13H17N3O3. The van der Waals surface area contributed by atoms with E-state index in [2.05, 4.69) is 0 Å². The van der Waals surface area contributed by atoms with Crippen LogP contribution in [0.2, 0.25) is 0 Å². The van der Waals surface area contributed by atoms with Crippen molar-refractivity contribution in [1.29, 1.82) is 5.26 Å². The van der Waals surface area contributed by atoms with E-state index in [-0.39, 0.29) is 23.8 Å². The van der Waals surface area contributed by atoms with Crippen molar-refractivity contribution in [3.63, 3.8) is 0 Å². The number of carbonyl (C=O) groups is 1. The molecule has 0 unspecified atom stereocenters. The van der Waals surface area contributed by atoms with E-state index in [4.69, 9.17) is 10.00 Å². The molecule has 0 saturated heterocycles. The van der Waals surface area contributed by atoms with E-state index in [0.717, 1.165) is 0 Å². The fourth-order valence-corrected chi connectivity index (χ4v) is 1.78. The van der Waals surface area contributed by atoms with Crippen LogP contribution < -0.4 is 10.3 Å². The lowest BCUT2D eigenvalue weighted by molar-refractivity contribution is -0.131. The minimum absolute atomic E-state index is 0.0703. The number of amides is 1. The number of aromatic nitrogens is 1. The number of nitrogens with zero attached hydrogens (tertiary/aromatic N) is 3. The number of likely N-dealkylation sites (N-methyl/N-ethyl adjacent to an activating group) is 1. The smallest absolute Gasteiger partial charge is 0.272 e. The highest BCUT2D eigenvalue weighted by Gasteiger charge is 2.14. The standard InChI is InChI=1S/C13H17N3O3/c1-4-15(5-2)12(17)9-16-7-6-11(19-3)10(8-14)13(16)18/h6-7H,4-5,9H2,1-3H3. The summed E-state index contributed by atoms with van der Waals surface area (Å²) in [5.74, 6) is 0.0696. The molecule has 0 N–H and O–H groups in total. The third kappa shape index (κ3) is 3.13. The molecule has 102 valence electrons. The van der Waals surface area contributed by atoms with Crippen molar-refractivity contribution >= 4 is 5.91 Å². The third-order valence-corrected chi connectivity index (χ3v) is 2.88. The fourth-order valence-electron chi connectivity index (χ4n) is 1.78. The summed E-state index contributed by atoms with van der Waals surface area (Å²) in [6, 6.07) is 3.31.